The molecule has 1 saturated heterocycles. The van der Waals surface area contributed by atoms with Crippen molar-refractivity contribution in [3.05, 3.63) is 23.9 Å². The number of nitrogens with one attached hydrogen (secondary N) is 3. The van der Waals surface area contributed by atoms with E-state index < -0.39 is 5.91 Å². The topological polar surface area (TPSA) is 139 Å². The van der Waals surface area contributed by atoms with Crippen LogP contribution in [0.25, 0.3) is 0 Å². The number of nitrogens with zero attached hydrogens (tertiary/aromatic N) is 4. The van der Waals surface area contributed by atoms with Crippen LogP contribution in [0.2, 0.25) is 0 Å². The molecule has 0 radical (unpaired) electrons. The average molecular weight is 291 g/mol. The van der Waals surface area contributed by atoms with E-state index in [4.69, 9.17) is 4.52 Å². The average Bonchev–Trinajstić information content (AvgIpc) is 3.16. The van der Waals surface area contributed by atoms with Crippen molar-refractivity contribution < 1.29 is 14.1 Å². The predicted molar refractivity (Wildman–Crippen MR) is 66.8 cm³/mol. The number of aromatic amines is 1. The van der Waals surface area contributed by atoms with Crippen LogP contribution in [0.15, 0.2) is 10.9 Å². The van der Waals surface area contributed by atoms with Gasteiger partial charge in [-0.05, 0) is 6.42 Å². The number of amides is 2. The summed E-state index contributed by atoms with van der Waals surface area (Å²) in [6, 6.07) is 0. The maximum atomic E-state index is 11.6. The summed E-state index contributed by atoms with van der Waals surface area (Å²) < 4.78 is 5.07. The molecule has 2 amide bonds. The highest BCUT2D eigenvalue weighted by Gasteiger charge is 2.25. The highest BCUT2D eigenvalue weighted by atomic mass is 16.5. The molecule has 1 atom stereocenters. The number of rotatable bonds is 4. The van der Waals surface area contributed by atoms with Crippen LogP contribution in [0, 0.1) is 0 Å². The highest BCUT2D eigenvalue weighted by molar-refractivity contribution is 5.90. The molecule has 0 aliphatic carbocycles. The van der Waals surface area contributed by atoms with Gasteiger partial charge in [0.1, 0.15) is 6.33 Å². The molecular formula is C11H13N7O3. The lowest BCUT2D eigenvalue weighted by atomic mass is 9.97. The Labute approximate surface area is 118 Å². The van der Waals surface area contributed by atoms with Crippen LogP contribution < -0.4 is 10.6 Å². The minimum atomic E-state index is -0.413. The summed E-state index contributed by atoms with van der Waals surface area (Å²) in [5.41, 5.74) is 0. The largest absolute Gasteiger partial charge is 0.356 e. The van der Waals surface area contributed by atoms with Crippen molar-refractivity contribution in [1.82, 2.24) is 36.0 Å². The van der Waals surface area contributed by atoms with E-state index in [0.29, 0.717) is 18.8 Å². The third-order valence-electron chi connectivity index (χ3n) is 3.13. The van der Waals surface area contributed by atoms with Gasteiger partial charge in [0, 0.05) is 18.9 Å². The van der Waals surface area contributed by atoms with Crippen LogP contribution in [-0.2, 0) is 11.3 Å². The maximum Gasteiger partial charge on any atom is 0.289 e. The Hall–Kier alpha value is -2.78. The number of hydrogen-bond acceptors (Lipinski definition) is 7. The van der Waals surface area contributed by atoms with E-state index in [1.807, 2.05) is 0 Å². The summed E-state index contributed by atoms with van der Waals surface area (Å²) in [4.78, 5) is 30.9. The fraction of sp³-hybridized carbons (Fsp3) is 0.455. The van der Waals surface area contributed by atoms with E-state index in [-0.39, 0.29) is 30.1 Å². The van der Waals surface area contributed by atoms with Crippen LogP contribution in [0.5, 0.6) is 0 Å². The van der Waals surface area contributed by atoms with Crippen molar-refractivity contribution >= 4 is 11.8 Å². The molecule has 10 heteroatoms. The van der Waals surface area contributed by atoms with Crippen LogP contribution >= 0.6 is 0 Å². The van der Waals surface area contributed by atoms with Gasteiger partial charge in [-0.15, -0.1) is 0 Å². The SMILES string of the molecule is O=C1CC(c2noc(CNC(=O)c3ncn[nH]3)n2)CCN1. The lowest BCUT2D eigenvalue weighted by molar-refractivity contribution is -0.122. The molecule has 1 fully saturated rings. The van der Waals surface area contributed by atoms with E-state index in [9.17, 15) is 9.59 Å². The molecule has 1 aliphatic rings. The van der Waals surface area contributed by atoms with E-state index >= 15 is 0 Å². The first-order valence-corrected chi connectivity index (χ1v) is 6.45. The van der Waals surface area contributed by atoms with Gasteiger partial charge in [-0.3, -0.25) is 14.7 Å². The second kappa shape index (κ2) is 5.69. The van der Waals surface area contributed by atoms with Crippen molar-refractivity contribution in [3.63, 3.8) is 0 Å². The summed E-state index contributed by atoms with van der Waals surface area (Å²) in [6.45, 7) is 0.695. The molecule has 3 heterocycles. The second-order valence-corrected chi connectivity index (χ2v) is 4.60. The predicted octanol–water partition coefficient (Wildman–Crippen LogP) is -0.889. The van der Waals surface area contributed by atoms with Gasteiger partial charge in [0.25, 0.3) is 5.91 Å². The van der Waals surface area contributed by atoms with E-state index in [1.165, 1.54) is 6.33 Å². The monoisotopic (exact) mass is 291 g/mol. The van der Waals surface area contributed by atoms with Crippen LogP contribution in [0.3, 0.4) is 0 Å². The Morgan fingerprint density at radius 1 is 1.52 bits per heavy atom. The van der Waals surface area contributed by atoms with Gasteiger partial charge in [0.15, 0.2) is 5.82 Å². The van der Waals surface area contributed by atoms with E-state index in [0.717, 1.165) is 6.42 Å². The molecule has 2 aromatic heterocycles. The van der Waals surface area contributed by atoms with Crippen molar-refractivity contribution in [1.29, 1.82) is 0 Å². The molecule has 21 heavy (non-hydrogen) atoms. The molecule has 3 N–H and O–H groups in total. The fourth-order valence-corrected chi connectivity index (χ4v) is 2.06. The van der Waals surface area contributed by atoms with Crippen molar-refractivity contribution in [3.8, 4) is 0 Å². The lowest BCUT2D eigenvalue weighted by Crippen LogP contribution is -2.32. The van der Waals surface area contributed by atoms with Gasteiger partial charge in [-0.1, -0.05) is 5.16 Å². The Bertz CT molecular complexity index is 636. The molecule has 1 unspecified atom stereocenters. The minimum absolute atomic E-state index is 0.0174. The number of piperidine rings is 1. The molecule has 0 spiro atoms. The molecule has 3 rings (SSSR count). The normalized spacial score (nSPS) is 18.3. The fourth-order valence-electron chi connectivity index (χ4n) is 2.06. The Morgan fingerprint density at radius 3 is 3.19 bits per heavy atom. The zero-order chi connectivity index (χ0) is 14.7. The summed E-state index contributed by atoms with van der Waals surface area (Å²) in [5.74, 6) is 0.415. The Morgan fingerprint density at radius 2 is 2.43 bits per heavy atom. The number of H-pyrrole nitrogens is 1. The van der Waals surface area contributed by atoms with Crippen molar-refractivity contribution in [2.45, 2.75) is 25.3 Å². The summed E-state index contributed by atoms with van der Waals surface area (Å²) in [7, 11) is 0. The zero-order valence-corrected chi connectivity index (χ0v) is 11.0. The summed E-state index contributed by atoms with van der Waals surface area (Å²) in [5, 5.41) is 15.2. The van der Waals surface area contributed by atoms with Crippen molar-refractivity contribution in [2.24, 2.45) is 0 Å². The van der Waals surface area contributed by atoms with Crippen LogP contribution in [0.4, 0.5) is 0 Å². The van der Waals surface area contributed by atoms with Gasteiger partial charge in [-0.2, -0.15) is 10.1 Å². The second-order valence-electron chi connectivity index (χ2n) is 4.60. The number of carbonyl (C=O) groups is 2. The standard InChI is InChI=1S/C11H13N7O3/c19-7-3-6(1-2-12-7)9-16-8(21-18-9)4-13-11(20)10-14-5-15-17-10/h5-6H,1-4H2,(H,12,19)(H,13,20)(H,14,15,17). The first-order valence-electron chi connectivity index (χ1n) is 6.45. The molecule has 0 bridgehead atoms. The quantitative estimate of drug-likeness (QED) is 0.664. The molecule has 110 valence electrons. The first kappa shape index (κ1) is 13.2. The van der Waals surface area contributed by atoms with Crippen molar-refractivity contribution in [2.75, 3.05) is 6.54 Å². The van der Waals surface area contributed by atoms with Gasteiger partial charge in [0.2, 0.25) is 17.6 Å². The Kier molecular flexibility index (Phi) is 3.58. The highest BCUT2D eigenvalue weighted by Crippen LogP contribution is 2.22. The van der Waals surface area contributed by atoms with Crippen LogP contribution in [-0.4, -0.2) is 43.7 Å². The molecule has 2 aromatic rings. The summed E-state index contributed by atoms with van der Waals surface area (Å²) in [6.07, 6.45) is 2.37. The minimum Gasteiger partial charge on any atom is -0.356 e. The number of carbonyl (C=O) groups excluding carboxylic acids is 2. The maximum absolute atomic E-state index is 11.6. The number of aromatic nitrogens is 5. The zero-order valence-electron chi connectivity index (χ0n) is 11.0. The third kappa shape index (κ3) is 3.04. The molecular weight excluding hydrogens is 278 g/mol. The first-order chi connectivity index (χ1) is 10.2. The Balaban J connectivity index is 1.58. The van der Waals surface area contributed by atoms with Gasteiger partial charge in [0.05, 0.1) is 6.54 Å². The lowest BCUT2D eigenvalue weighted by Gasteiger charge is -2.18. The number of hydrogen-bond donors (Lipinski definition) is 3. The summed E-state index contributed by atoms with van der Waals surface area (Å²) >= 11 is 0. The molecule has 10 nitrogen and oxygen atoms in total. The van der Waals surface area contributed by atoms with E-state index in [2.05, 4.69) is 36.0 Å². The third-order valence-corrected chi connectivity index (χ3v) is 3.13. The molecule has 0 aromatic carbocycles. The van der Waals surface area contributed by atoms with E-state index in [1.54, 1.807) is 0 Å². The van der Waals surface area contributed by atoms with Gasteiger partial charge < -0.3 is 15.2 Å². The van der Waals surface area contributed by atoms with Gasteiger partial charge >= 0.3 is 0 Å². The van der Waals surface area contributed by atoms with Crippen LogP contribution in [0.1, 0.15) is 41.1 Å². The van der Waals surface area contributed by atoms with Gasteiger partial charge in [-0.25, -0.2) is 4.98 Å². The smallest absolute Gasteiger partial charge is 0.289 e. The molecule has 1 aliphatic heterocycles. The molecule has 0 saturated carbocycles.